The molecule has 0 bridgehead atoms. The predicted molar refractivity (Wildman–Crippen MR) is 127 cm³/mol. The van der Waals surface area contributed by atoms with Crippen LogP contribution in [-0.4, -0.2) is 73.0 Å². The van der Waals surface area contributed by atoms with Crippen molar-refractivity contribution in [1.82, 2.24) is 20.0 Å². The molecule has 0 spiro atoms. The number of aromatic nitrogens is 2. The van der Waals surface area contributed by atoms with Crippen molar-refractivity contribution < 1.29 is 14.3 Å². The third-order valence-corrected chi connectivity index (χ3v) is 4.68. The maximum absolute atomic E-state index is 12.6. The summed E-state index contributed by atoms with van der Waals surface area (Å²) < 4.78 is 13.0. The summed E-state index contributed by atoms with van der Waals surface area (Å²) in [4.78, 5) is 20.6. The largest absolute Gasteiger partial charge is 0.493 e. The quantitative estimate of drug-likeness (QED) is 0.350. The number of nitrogens with one attached hydrogen (secondary N) is 1. The molecule has 0 aliphatic carbocycles. The van der Waals surface area contributed by atoms with Gasteiger partial charge in [-0.1, -0.05) is 12.1 Å². The first kappa shape index (κ1) is 23.8. The minimum absolute atomic E-state index is 0. The second-order valence-corrected chi connectivity index (χ2v) is 6.85. The molecule has 3 rings (SSSR count). The molecule has 1 N–H and O–H groups in total. The van der Waals surface area contributed by atoms with Gasteiger partial charge in [0.15, 0.2) is 17.5 Å². The van der Waals surface area contributed by atoms with Crippen LogP contribution in [0, 0.1) is 0 Å². The van der Waals surface area contributed by atoms with E-state index in [4.69, 9.17) is 9.47 Å². The Morgan fingerprint density at radius 2 is 2.03 bits per heavy atom. The summed E-state index contributed by atoms with van der Waals surface area (Å²) in [5, 5.41) is 7.44. The average Bonchev–Trinajstić information content (AvgIpc) is 3.15. The Morgan fingerprint density at radius 3 is 2.63 bits per heavy atom. The fraction of sp³-hybridized carbons (Fsp3) is 0.450. The normalized spacial score (nSPS) is 15.5. The third kappa shape index (κ3) is 5.77. The van der Waals surface area contributed by atoms with E-state index >= 15 is 0 Å². The van der Waals surface area contributed by atoms with Crippen LogP contribution < -0.4 is 19.7 Å². The highest BCUT2D eigenvalue weighted by Crippen LogP contribution is 2.26. The molecule has 1 aliphatic heterocycles. The molecule has 1 fully saturated rings. The smallest absolute Gasteiger partial charge is 0.246 e. The van der Waals surface area contributed by atoms with E-state index < -0.39 is 0 Å². The van der Waals surface area contributed by atoms with Crippen LogP contribution in [0.3, 0.4) is 0 Å². The van der Waals surface area contributed by atoms with E-state index in [1.165, 1.54) is 0 Å². The highest BCUT2D eigenvalue weighted by atomic mass is 127. The summed E-state index contributed by atoms with van der Waals surface area (Å²) in [5.41, 5.74) is 0.818. The molecule has 0 radical (unpaired) electrons. The van der Waals surface area contributed by atoms with Crippen LogP contribution in [0.2, 0.25) is 0 Å². The van der Waals surface area contributed by atoms with Gasteiger partial charge in [-0.2, -0.15) is 5.10 Å². The first-order valence-electron chi connectivity index (χ1n) is 9.56. The summed E-state index contributed by atoms with van der Waals surface area (Å²) in [6, 6.07) is 7.55. The van der Waals surface area contributed by atoms with Crippen molar-refractivity contribution in [2.24, 2.45) is 12.0 Å². The van der Waals surface area contributed by atoms with Crippen LogP contribution in [0.1, 0.15) is 6.92 Å². The summed E-state index contributed by atoms with van der Waals surface area (Å²) in [7, 11) is 5.17. The van der Waals surface area contributed by atoms with Crippen LogP contribution in [0.25, 0.3) is 0 Å². The lowest BCUT2D eigenvalue weighted by Gasteiger charge is -2.35. The number of para-hydroxylation sites is 2. The number of benzene rings is 1. The second kappa shape index (κ2) is 11.0. The monoisotopic (exact) mass is 528 g/mol. The average molecular weight is 528 g/mol. The summed E-state index contributed by atoms with van der Waals surface area (Å²) in [6.45, 7) is 4.04. The van der Waals surface area contributed by atoms with Crippen molar-refractivity contribution in [3.8, 4) is 11.5 Å². The van der Waals surface area contributed by atoms with Gasteiger partial charge in [0, 0.05) is 33.4 Å². The summed E-state index contributed by atoms with van der Waals surface area (Å²) in [5.74, 6) is 2.09. The number of carbonyl (C=O) groups is 1. The number of carbonyl (C=O) groups excluding carboxylic acids is 1. The fourth-order valence-electron chi connectivity index (χ4n) is 3.22. The molecule has 1 atom stereocenters. The number of nitrogens with zero attached hydrogens (tertiary/aromatic N) is 5. The topological polar surface area (TPSA) is 84.2 Å². The minimum atomic E-state index is -0.115. The molecule has 0 saturated carbocycles. The number of ether oxygens (including phenoxy) is 2. The molecule has 1 aliphatic rings. The maximum atomic E-state index is 12.6. The van der Waals surface area contributed by atoms with E-state index in [9.17, 15) is 4.79 Å². The summed E-state index contributed by atoms with van der Waals surface area (Å²) in [6.07, 6.45) is 3.44. The third-order valence-electron chi connectivity index (χ3n) is 4.68. The van der Waals surface area contributed by atoms with Gasteiger partial charge in [0.1, 0.15) is 12.6 Å². The number of piperazine rings is 1. The number of amides is 1. The van der Waals surface area contributed by atoms with E-state index in [2.05, 4.69) is 15.4 Å². The van der Waals surface area contributed by atoms with Crippen LogP contribution in [0.15, 0.2) is 41.7 Å². The SMILES string of the molecule is CN=C(NCC(C)Oc1ccccc1OC)N1CCN(c2cnn(C)c2)C(=O)C1.I. The Morgan fingerprint density at radius 1 is 1.30 bits per heavy atom. The lowest BCUT2D eigenvalue weighted by Crippen LogP contribution is -2.56. The van der Waals surface area contributed by atoms with E-state index in [0.29, 0.717) is 37.1 Å². The lowest BCUT2D eigenvalue weighted by molar-refractivity contribution is -0.120. The van der Waals surface area contributed by atoms with Crippen molar-refractivity contribution in [3.05, 3.63) is 36.7 Å². The van der Waals surface area contributed by atoms with E-state index in [1.54, 1.807) is 29.9 Å². The van der Waals surface area contributed by atoms with E-state index in [0.717, 1.165) is 5.69 Å². The fourth-order valence-corrected chi connectivity index (χ4v) is 3.22. The van der Waals surface area contributed by atoms with Crippen molar-refractivity contribution in [3.63, 3.8) is 0 Å². The second-order valence-electron chi connectivity index (χ2n) is 6.85. The molecule has 9 nitrogen and oxygen atoms in total. The Kier molecular flexibility index (Phi) is 8.75. The molecule has 2 heterocycles. The van der Waals surface area contributed by atoms with E-state index in [-0.39, 0.29) is 42.5 Å². The molecular formula is C20H29IN6O3. The van der Waals surface area contributed by atoms with Crippen LogP contribution >= 0.6 is 24.0 Å². The minimum Gasteiger partial charge on any atom is -0.493 e. The number of hydrogen-bond acceptors (Lipinski definition) is 5. The molecule has 164 valence electrons. The molecule has 30 heavy (non-hydrogen) atoms. The van der Waals surface area contributed by atoms with Gasteiger partial charge in [-0.25, -0.2) is 0 Å². The Labute approximate surface area is 194 Å². The highest BCUT2D eigenvalue weighted by molar-refractivity contribution is 14.0. The molecule has 1 aromatic heterocycles. The van der Waals surface area contributed by atoms with Gasteiger partial charge in [-0.15, -0.1) is 24.0 Å². The first-order valence-corrected chi connectivity index (χ1v) is 9.56. The molecule has 1 aromatic carbocycles. The molecule has 1 saturated heterocycles. The van der Waals surface area contributed by atoms with Gasteiger partial charge in [-0.05, 0) is 19.1 Å². The molecule has 1 amide bonds. The van der Waals surface area contributed by atoms with Crippen LogP contribution in [0.5, 0.6) is 11.5 Å². The van der Waals surface area contributed by atoms with Crippen molar-refractivity contribution in [2.75, 3.05) is 45.2 Å². The van der Waals surface area contributed by atoms with Crippen molar-refractivity contribution >= 4 is 41.5 Å². The van der Waals surface area contributed by atoms with Gasteiger partial charge in [0.2, 0.25) is 5.91 Å². The maximum Gasteiger partial charge on any atom is 0.246 e. The molecule has 2 aromatic rings. The van der Waals surface area contributed by atoms with Crippen molar-refractivity contribution in [2.45, 2.75) is 13.0 Å². The van der Waals surface area contributed by atoms with Crippen LogP contribution in [0.4, 0.5) is 5.69 Å². The first-order chi connectivity index (χ1) is 14.0. The van der Waals surface area contributed by atoms with Crippen molar-refractivity contribution in [1.29, 1.82) is 0 Å². The van der Waals surface area contributed by atoms with Gasteiger partial charge in [0.25, 0.3) is 0 Å². The Bertz CT molecular complexity index is 872. The molecule has 10 heteroatoms. The number of hydrogen-bond donors (Lipinski definition) is 1. The number of anilines is 1. The highest BCUT2D eigenvalue weighted by Gasteiger charge is 2.27. The number of aryl methyl sites for hydroxylation is 1. The van der Waals surface area contributed by atoms with Gasteiger partial charge >= 0.3 is 0 Å². The number of aliphatic imine (C=N–C) groups is 1. The molecular weight excluding hydrogens is 499 g/mol. The summed E-state index contributed by atoms with van der Waals surface area (Å²) >= 11 is 0. The molecule has 1 unspecified atom stereocenters. The zero-order valence-corrected chi connectivity index (χ0v) is 20.1. The lowest BCUT2D eigenvalue weighted by atomic mass is 10.3. The van der Waals surface area contributed by atoms with Gasteiger partial charge in [0.05, 0.1) is 25.5 Å². The van der Waals surface area contributed by atoms with Gasteiger partial charge < -0.3 is 24.6 Å². The standard InChI is InChI=1S/C20H28N6O3.HI/c1-15(29-18-8-6-5-7-17(18)28-4)11-22-20(21-2)25-9-10-26(19(27)14-25)16-12-23-24(3)13-16;/h5-8,12-13,15H,9-11,14H2,1-4H3,(H,21,22);1H. The number of methoxy groups -OCH3 is 1. The zero-order valence-electron chi connectivity index (χ0n) is 17.7. The van der Waals surface area contributed by atoms with Gasteiger partial charge in [-0.3, -0.25) is 14.5 Å². The Balaban J connectivity index is 0.00000320. The number of rotatable bonds is 6. The van der Waals surface area contributed by atoms with E-state index in [1.807, 2.05) is 49.3 Å². The van der Waals surface area contributed by atoms with Crippen LogP contribution in [-0.2, 0) is 11.8 Å². The number of halogens is 1. The number of guanidine groups is 1. The predicted octanol–water partition coefficient (Wildman–Crippen LogP) is 1.74. The zero-order chi connectivity index (χ0) is 20.8. The Hall–Kier alpha value is -2.50.